The molecule has 33 heavy (non-hydrogen) atoms. The summed E-state index contributed by atoms with van der Waals surface area (Å²) in [5, 5.41) is 2.37. The van der Waals surface area contributed by atoms with Crippen LogP contribution in [0.4, 0.5) is 16.2 Å². The van der Waals surface area contributed by atoms with Gasteiger partial charge in [0.05, 0.1) is 30.6 Å². The van der Waals surface area contributed by atoms with Gasteiger partial charge >= 0.3 is 6.09 Å². The van der Waals surface area contributed by atoms with Crippen molar-refractivity contribution in [2.45, 2.75) is 69.6 Å². The second kappa shape index (κ2) is 8.56. The number of benzene rings is 1. The van der Waals surface area contributed by atoms with Gasteiger partial charge in [-0.15, -0.1) is 0 Å². The van der Waals surface area contributed by atoms with Crippen LogP contribution in [0.1, 0.15) is 56.9 Å². The predicted octanol–water partition coefficient (Wildman–Crippen LogP) is 3.02. The molecule has 4 fully saturated rings. The van der Waals surface area contributed by atoms with Gasteiger partial charge in [-0.2, -0.15) is 0 Å². The number of nitrogens with one attached hydrogen (secondary N) is 1. The van der Waals surface area contributed by atoms with Gasteiger partial charge in [-0.25, -0.2) is 9.80 Å². The summed E-state index contributed by atoms with van der Waals surface area (Å²) in [6.07, 6.45) is 5.53. The van der Waals surface area contributed by atoms with Crippen molar-refractivity contribution in [1.82, 2.24) is 10.4 Å². The van der Waals surface area contributed by atoms with E-state index < -0.39 is 0 Å². The fourth-order valence-corrected chi connectivity index (χ4v) is 5.41. The lowest BCUT2D eigenvalue weighted by Gasteiger charge is -2.41. The lowest BCUT2D eigenvalue weighted by atomic mass is 9.96. The van der Waals surface area contributed by atoms with Gasteiger partial charge in [-0.05, 0) is 50.3 Å². The Labute approximate surface area is 195 Å². The summed E-state index contributed by atoms with van der Waals surface area (Å²) in [6, 6.07) is 6.91. The number of fused-ring (bicyclic) bond motifs is 1. The molecule has 6 rings (SSSR count). The van der Waals surface area contributed by atoms with Gasteiger partial charge in [-0.1, -0.05) is 6.07 Å². The number of hydrazine groups is 1. The van der Waals surface area contributed by atoms with Crippen LogP contribution in [0.25, 0.3) is 0 Å². The largest absolute Gasteiger partial charge is 0.446 e. The fraction of sp³-hybridized carbons (Fsp3) is 0.680. The van der Waals surface area contributed by atoms with Gasteiger partial charge in [0.2, 0.25) is 5.91 Å². The minimum absolute atomic E-state index is 0.0859. The van der Waals surface area contributed by atoms with Crippen LogP contribution in [-0.2, 0) is 14.3 Å². The molecule has 0 radical (unpaired) electrons. The molecule has 2 atom stereocenters. The summed E-state index contributed by atoms with van der Waals surface area (Å²) in [5.74, 6) is 0.694. The standard InChI is InChI=1S/C25H34N4O4/c1-16-14-27(25(31)33-21-8-10-32-11-9-21)23-12-18(19-13-26-28(15-19)20-5-6-20)4-7-22(23)29(16)24(30)17-2-3-17/h4,7,12,16-17,19-21,26H,2-3,5-6,8-11,13-15H2,1H3/t16-,19?/m0/s1. The quantitative estimate of drug-likeness (QED) is 0.754. The Morgan fingerprint density at radius 1 is 1.03 bits per heavy atom. The van der Waals surface area contributed by atoms with Crippen LogP contribution in [0.15, 0.2) is 18.2 Å². The Morgan fingerprint density at radius 3 is 2.55 bits per heavy atom. The van der Waals surface area contributed by atoms with Crippen molar-refractivity contribution in [2.24, 2.45) is 5.92 Å². The molecule has 0 aromatic heterocycles. The number of ether oxygens (including phenoxy) is 2. The molecule has 0 spiro atoms. The average Bonchev–Trinajstić information content (AvgIpc) is 3.77. The molecule has 3 heterocycles. The summed E-state index contributed by atoms with van der Waals surface area (Å²) < 4.78 is 11.3. The summed E-state index contributed by atoms with van der Waals surface area (Å²) in [5.41, 5.74) is 6.40. The fourth-order valence-electron chi connectivity index (χ4n) is 5.41. The van der Waals surface area contributed by atoms with Crippen molar-refractivity contribution >= 4 is 23.4 Å². The highest BCUT2D eigenvalue weighted by Gasteiger charge is 2.42. The van der Waals surface area contributed by atoms with E-state index in [0.29, 0.717) is 31.7 Å². The van der Waals surface area contributed by atoms with Gasteiger partial charge < -0.3 is 14.4 Å². The van der Waals surface area contributed by atoms with E-state index in [1.165, 1.54) is 18.4 Å². The molecule has 1 aromatic rings. The smallest absolute Gasteiger partial charge is 0.414 e. The first kappa shape index (κ1) is 21.4. The van der Waals surface area contributed by atoms with E-state index in [2.05, 4.69) is 28.6 Å². The number of anilines is 2. The summed E-state index contributed by atoms with van der Waals surface area (Å²) in [6.45, 7) is 5.63. The monoisotopic (exact) mass is 454 g/mol. The molecule has 2 amide bonds. The summed E-state index contributed by atoms with van der Waals surface area (Å²) >= 11 is 0. The molecule has 8 heteroatoms. The number of nitrogens with zero attached hydrogens (tertiary/aromatic N) is 3. The summed E-state index contributed by atoms with van der Waals surface area (Å²) in [4.78, 5) is 30.2. The van der Waals surface area contributed by atoms with E-state index in [1.54, 1.807) is 4.90 Å². The second-order valence-corrected chi connectivity index (χ2v) is 10.3. The van der Waals surface area contributed by atoms with E-state index in [4.69, 9.17) is 9.47 Å². The Hall–Kier alpha value is -2.16. The highest BCUT2D eigenvalue weighted by atomic mass is 16.6. The third-order valence-electron chi connectivity index (χ3n) is 7.67. The topological polar surface area (TPSA) is 74.4 Å². The molecule has 178 valence electrons. The van der Waals surface area contributed by atoms with Crippen molar-refractivity contribution in [2.75, 3.05) is 42.6 Å². The van der Waals surface area contributed by atoms with E-state index in [1.807, 2.05) is 11.8 Å². The maximum absolute atomic E-state index is 13.3. The molecule has 2 aliphatic carbocycles. The third-order valence-corrected chi connectivity index (χ3v) is 7.67. The zero-order valence-electron chi connectivity index (χ0n) is 19.4. The van der Waals surface area contributed by atoms with Gasteiger partial charge in [0, 0.05) is 50.4 Å². The minimum atomic E-state index is -0.310. The van der Waals surface area contributed by atoms with Crippen molar-refractivity contribution in [3.63, 3.8) is 0 Å². The van der Waals surface area contributed by atoms with Crippen molar-refractivity contribution in [3.8, 4) is 0 Å². The predicted molar refractivity (Wildman–Crippen MR) is 124 cm³/mol. The number of carbonyl (C=O) groups is 2. The average molecular weight is 455 g/mol. The van der Waals surface area contributed by atoms with Crippen molar-refractivity contribution in [1.29, 1.82) is 0 Å². The highest BCUT2D eigenvalue weighted by Crippen LogP contribution is 2.42. The maximum atomic E-state index is 13.3. The third kappa shape index (κ3) is 4.24. The van der Waals surface area contributed by atoms with Crippen LogP contribution in [-0.4, -0.2) is 68.0 Å². The van der Waals surface area contributed by atoms with Crippen molar-refractivity contribution < 1.29 is 19.1 Å². The number of amides is 2. The number of carbonyl (C=O) groups excluding carboxylic acids is 2. The van der Waals surface area contributed by atoms with Gasteiger partial charge in [0.25, 0.3) is 0 Å². The Morgan fingerprint density at radius 2 is 1.82 bits per heavy atom. The van der Waals surface area contributed by atoms with E-state index in [9.17, 15) is 9.59 Å². The Kier molecular flexibility index (Phi) is 5.55. The molecule has 8 nitrogen and oxygen atoms in total. The second-order valence-electron chi connectivity index (χ2n) is 10.3. The van der Waals surface area contributed by atoms with Crippen LogP contribution < -0.4 is 15.2 Å². The highest BCUT2D eigenvalue weighted by molar-refractivity contribution is 6.04. The van der Waals surface area contributed by atoms with E-state index in [-0.39, 0.29) is 30.1 Å². The Balaban J connectivity index is 1.29. The lowest BCUT2D eigenvalue weighted by molar-refractivity contribution is -0.120. The molecule has 2 saturated heterocycles. The molecule has 1 unspecified atom stereocenters. The van der Waals surface area contributed by atoms with Crippen LogP contribution >= 0.6 is 0 Å². The number of hydrogen-bond donors (Lipinski definition) is 1. The van der Waals surface area contributed by atoms with E-state index >= 15 is 0 Å². The molecular formula is C25H34N4O4. The molecule has 1 aromatic carbocycles. The zero-order valence-corrected chi connectivity index (χ0v) is 19.4. The first-order chi connectivity index (χ1) is 16.1. The molecule has 0 bridgehead atoms. The van der Waals surface area contributed by atoms with Crippen molar-refractivity contribution in [3.05, 3.63) is 23.8 Å². The normalized spacial score (nSPS) is 28.6. The van der Waals surface area contributed by atoms with Crippen LogP contribution in [0.5, 0.6) is 0 Å². The minimum Gasteiger partial charge on any atom is -0.446 e. The number of rotatable bonds is 4. The molecule has 1 N–H and O–H groups in total. The van der Waals surface area contributed by atoms with E-state index in [0.717, 1.165) is 50.1 Å². The van der Waals surface area contributed by atoms with Crippen LogP contribution in [0, 0.1) is 5.92 Å². The first-order valence-corrected chi connectivity index (χ1v) is 12.6. The molecule has 3 aliphatic heterocycles. The SMILES string of the molecule is C[C@H]1CN(C(=O)OC2CCOCC2)c2cc(C3CNN(C4CC4)C3)ccc2N1C(=O)C1CC1. The molecule has 2 saturated carbocycles. The molecular weight excluding hydrogens is 420 g/mol. The molecule has 5 aliphatic rings. The summed E-state index contributed by atoms with van der Waals surface area (Å²) in [7, 11) is 0. The first-order valence-electron chi connectivity index (χ1n) is 12.6. The Bertz CT molecular complexity index is 925. The van der Waals surface area contributed by atoms with Gasteiger partial charge in [-0.3, -0.25) is 15.1 Å². The van der Waals surface area contributed by atoms with Crippen LogP contribution in [0.3, 0.4) is 0 Å². The van der Waals surface area contributed by atoms with Crippen LogP contribution in [0.2, 0.25) is 0 Å². The van der Waals surface area contributed by atoms with Gasteiger partial charge in [0.1, 0.15) is 6.10 Å². The zero-order chi connectivity index (χ0) is 22.5. The maximum Gasteiger partial charge on any atom is 0.414 e. The number of hydrogen-bond acceptors (Lipinski definition) is 6. The van der Waals surface area contributed by atoms with Gasteiger partial charge in [0.15, 0.2) is 0 Å². The lowest BCUT2D eigenvalue weighted by Crippen LogP contribution is -2.53.